The van der Waals surface area contributed by atoms with Crippen LogP contribution in [0.3, 0.4) is 0 Å². The van der Waals surface area contributed by atoms with Gasteiger partial charge in [0.05, 0.1) is 18.3 Å². The molecule has 180 valence electrons. The summed E-state index contributed by atoms with van der Waals surface area (Å²) in [6.07, 6.45) is 4.36. The second-order valence-electron chi connectivity index (χ2n) is 9.25. The highest BCUT2D eigenvalue weighted by Gasteiger charge is 2.58. The first-order valence-electron chi connectivity index (χ1n) is 11.8. The Hall–Kier alpha value is -2.91. The lowest BCUT2D eigenvalue weighted by molar-refractivity contribution is -0.135. The molecule has 0 aliphatic carbocycles. The SMILES string of the molecule is O=C1N[C@](c2ccccn2)(C2CCN(Cc3c(F)cccc3F)CC2)C(=O)N1C[C@@H]1CCCO1. The van der Waals surface area contributed by atoms with Gasteiger partial charge in [0.15, 0.2) is 5.54 Å². The molecule has 2 atom stereocenters. The molecule has 1 aromatic carbocycles. The van der Waals surface area contributed by atoms with Crippen molar-refractivity contribution in [1.29, 1.82) is 0 Å². The van der Waals surface area contributed by atoms with Gasteiger partial charge in [0.25, 0.3) is 5.91 Å². The summed E-state index contributed by atoms with van der Waals surface area (Å²) in [5, 5.41) is 2.99. The van der Waals surface area contributed by atoms with Gasteiger partial charge in [0, 0.05) is 24.9 Å². The van der Waals surface area contributed by atoms with Crippen molar-refractivity contribution in [3.05, 3.63) is 65.5 Å². The van der Waals surface area contributed by atoms with E-state index in [0.717, 1.165) is 12.8 Å². The van der Waals surface area contributed by atoms with E-state index >= 15 is 0 Å². The molecule has 1 aromatic heterocycles. The lowest BCUT2D eigenvalue weighted by atomic mass is 9.75. The van der Waals surface area contributed by atoms with Crippen LogP contribution in [-0.4, -0.2) is 59.1 Å². The van der Waals surface area contributed by atoms with Gasteiger partial charge in [0.2, 0.25) is 0 Å². The highest BCUT2D eigenvalue weighted by Crippen LogP contribution is 2.41. The summed E-state index contributed by atoms with van der Waals surface area (Å²) in [6.45, 7) is 2.11. The molecule has 0 saturated carbocycles. The first-order valence-corrected chi connectivity index (χ1v) is 11.8. The fourth-order valence-electron chi connectivity index (χ4n) is 5.44. The van der Waals surface area contributed by atoms with Crippen LogP contribution >= 0.6 is 0 Å². The number of benzene rings is 1. The Kier molecular flexibility index (Phi) is 6.31. The van der Waals surface area contributed by atoms with E-state index in [1.807, 2.05) is 11.0 Å². The van der Waals surface area contributed by atoms with Crippen LogP contribution in [0.15, 0.2) is 42.6 Å². The van der Waals surface area contributed by atoms with Crippen LogP contribution in [0.5, 0.6) is 0 Å². The van der Waals surface area contributed by atoms with E-state index in [1.165, 1.54) is 23.1 Å². The van der Waals surface area contributed by atoms with Crippen molar-refractivity contribution in [2.24, 2.45) is 5.92 Å². The number of amides is 3. The fraction of sp³-hybridized carbons (Fsp3) is 0.480. The number of halogens is 2. The molecule has 3 aliphatic rings. The highest BCUT2D eigenvalue weighted by molar-refractivity contribution is 6.07. The summed E-state index contributed by atoms with van der Waals surface area (Å²) in [4.78, 5) is 34.5. The van der Waals surface area contributed by atoms with Crippen molar-refractivity contribution in [2.75, 3.05) is 26.2 Å². The van der Waals surface area contributed by atoms with Crippen LogP contribution < -0.4 is 5.32 Å². The maximum Gasteiger partial charge on any atom is 0.325 e. The lowest BCUT2D eigenvalue weighted by Gasteiger charge is -2.40. The molecule has 3 saturated heterocycles. The number of carbonyl (C=O) groups excluding carboxylic acids is 2. The number of imide groups is 1. The molecule has 1 N–H and O–H groups in total. The van der Waals surface area contributed by atoms with Crippen LogP contribution in [0, 0.1) is 17.6 Å². The Balaban J connectivity index is 1.36. The molecular weight excluding hydrogens is 442 g/mol. The van der Waals surface area contributed by atoms with Gasteiger partial charge in [0.1, 0.15) is 11.6 Å². The van der Waals surface area contributed by atoms with E-state index < -0.39 is 23.2 Å². The molecule has 9 heteroatoms. The Bertz CT molecular complexity index is 1040. The molecule has 3 amide bonds. The third-order valence-corrected chi connectivity index (χ3v) is 7.25. The molecule has 0 bridgehead atoms. The van der Waals surface area contributed by atoms with Crippen LogP contribution in [0.25, 0.3) is 0 Å². The number of ether oxygens (including phenoxy) is 1. The smallest absolute Gasteiger partial charge is 0.325 e. The third-order valence-electron chi connectivity index (χ3n) is 7.25. The van der Waals surface area contributed by atoms with Crippen molar-refractivity contribution >= 4 is 11.9 Å². The van der Waals surface area contributed by atoms with Gasteiger partial charge in [-0.15, -0.1) is 0 Å². The van der Waals surface area contributed by atoms with E-state index in [4.69, 9.17) is 4.74 Å². The van der Waals surface area contributed by atoms with E-state index in [9.17, 15) is 18.4 Å². The van der Waals surface area contributed by atoms with Crippen LogP contribution in [0.4, 0.5) is 13.6 Å². The number of hydrogen-bond acceptors (Lipinski definition) is 5. The number of piperidine rings is 1. The Morgan fingerprint density at radius 1 is 1.06 bits per heavy atom. The first kappa shape index (κ1) is 22.9. The topological polar surface area (TPSA) is 74.8 Å². The van der Waals surface area contributed by atoms with Gasteiger partial charge in [-0.25, -0.2) is 13.6 Å². The molecule has 34 heavy (non-hydrogen) atoms. The van der Waals surface area contributed by atoms with Gasteiger partial charge in [-0.1, -0.05) is 12.1 Å². The maximum absolute atomic E-state index is 14.1. The van der Waals surface area contributed by atoms with Gasteiger partial charge in [-0.3, -0.25) is 19.6 Å². The van der Waals surface area contributed by atoms with Crippen LogP contribution in [-0.2, 0) is 21.6 Å². The van der Waals surface area contributed by atoms with E-state index in [2.05, 4.69) is 10.3 Å². The fourth-order valence-corrected chi connectivity index (χ4v) is 5.44. The second kappa shape index (κ2) is 9.38. The molecule has 0 radical (unpaired) electrons. The number of urea groups is 1. The molecule has 5 rings (SSSR count). The number of likely N-dealkylation sites (tertiary alicyclic amines) is 1. The minimum atomic E-state index is -1.26. The number of nitrogens with one attached hydrogen (secondary N) is 1. The number of rotatable bonds is 6. The van der Waals surface area contributed by atoms with Crippen molar-refractivity contribution < 1.29 is 23.1 Å². The average molecular weight is 471 g/mol. The summed E-state index contributed by atoms with van der Waals surface area (Å²) in [5.41, 5.74) is -0.693. The summed E-state index contributed by atoms with van der Waals surface area (Å²) in [6, 6.07) is 8.80. The molecule has 2 aromatic rings. The molecule has 0 unspecified atom stereocenters. The summed E-state index contributed by atoms with van der Waals surface area (Å²) in [7, 11) is 0. The van der Waals surface area contributed by atoms with Crippen molar-refractivity contribution in [3.63, 3.8) is 0 Å². The van der Waals surface area contributed by atoms with E-state index in [0.29, 0.717) is 38.2 Å². The quantitative estimate of drug-likeness (QED) is 0.657. The molecule has 3 aliphatic heterocycles. The predicted octanol–water partition coefficient (Wildman–Crippen LogP) is 3.20. The number of hydrogen-bond donors (Lipinski definition) is 1. The predicted molar refractivity (Wildman–Crippen MR) is 119 cm³/mol. The largest absolute Gasteiger partial charge is 0.376 e. The van der Waals surface area contributed by atoms with Crippen molar-refractivity contribution in [2.45, 2.75) is 43.9 Å². The monoisotopic (exact) mass is 470 g/mol. The minimum Gasteiger partial charge on any atom is -0.376 e. The van der Waals surface area contributed by atoms with Gasteiger partial charge >= 0.3 is 6.03 Å². The lowest BCUT2D eigenvalue weighted by Crippen LogP contribution is -2.54. The normalized spacial score (nSPS) is 26.3. The molecular formula is C25H28F2N4O3. The average Bonchev–Trinajstić information content (AvgIpc) is 3.45. The Labute approximate surface area is 197 Å². The summed E-state index contributed by atoms with van der Waals surface area (Å²) < 4.78 is 33.9. The van der Waals surface area contributed by atoms with Crippen molar-refractivity contribution in [3.8, 4) is 0 Å². The number of aromatic nitrogens is 1. The summed E-state index contributed by atoms with van der Waals surface area (Å²) in [5.74, 6) is -1.62. The van der Waals surface area contributed by atoms with Crippen LogP contribution in [0.2, 0.25) is 0 Å². The molecule has 4 heterocycles. The standard InChI is InChI=1S/C25H28F2N4O3/c26-20-6-3-7-21(27)19(20)16-30-12-9-17(10-13-30)25(22-8-1-2-11-28-22)23(32)31(24(33)29-25)15-18-5-4-14-34-18/h1-3,6-8,11,17-18H,4-5,9-10,12-16H2,(H,29,33)/t18-,25-/m0/s1. The number of nitrogens with zero attached hydrogens (tertiary/aromatic N) is 3. The van der Waals surface area contributed by atoms with Gasteiger partial charge in [-0.2, -0.15) is 0 Å². The van der Waals surface area contributed by atoms with Gasteiger partial charge in [-0.05, 0) is 69.0 Å². The second-order valence-corrected chi connectivity index (χ2v) is 9.25. The third kappa shape index (κ3) is 4.07. The number of carbonyl (C=O) groups is 2. The molecule has 0 spiro atoms. The molecule has 7 nitrogen and oxygen atoms in total. The Morgan fingerprint density at radius 3 is 2.47 bits per heavy atom. The van der Waals surface area contributed by atoms with E-state index in [-0.39, 0.29) is 36.6 Å². The van der Waals surface area contributed by atoms with Gasteiger partial charge < -0.3 is 10.1 Å². The maximum atomic E-state index is 14.1. The highest BCUT2D eigenvalue weighted by atomic mass is 19.1. The minimum absolute atomic E-state index is 0.0494. The van der Waals surface area contributed by atoms with Crippen LogP contribution in [0.1, 0.15) is 36.9 Å². The zero-order chi connectivity index (χ0) is 23.7. The summed E-state index contributed by atoms with van der Waals surface area (Å²) >= 11 is 0. The zero-order valence-electron chi connectivity index (χ0n) is 18.9. The van der Waals surface area contributed by atoms with Crippen molar-refractivity contribution in [1.82, 2.24) is 20.1 Å². The Morgan fingerprint density at radius 2 is 1.82 bits per heavy atom. The molecule has 3 fully saturated rings. The van der Waals surface area contributed by atoms with E-state index in [1.54, 1.807) is 18.3 Å². The first-order chi connectivity index (χ1) is 16.5. The zero-order valence-corrected chi connectivity index (χ0v) is 18.9. The number of pyridine rings is 1.